The van der Waals surface area contributed by atoms with Crippen molar-refractivity contribution in [3.05, 3.63) is 24.4 Å². The standard InChI is InChI=1S/C14H21F3N6O2S.C4H4O4/c15-14(16,17)9-21-12(18)22-10-4-5-20-13(23-10)26-8-2-1-3-11(25)19-6-7-24;5-3(6)1-2-4(7)8/h4-5,24H,1-3,6-9H2,(H,19,25)(H3,18,20,21,22,23);1-2H,(H,5,6)(H,7,8). The smallest absolute Gasteiger partial charge is 0.408 e. The zero-order valence-corrected chi connectivity index (χ0v) is 18.6. The zero-order chi connectivity index (χ0) is 26.0. The van der Waals surface area contributed by atoms with Crippen LogP contribution in [0.5, 0.6) is 0 Å². The Morgan fingerprint density at radius 2 is 1.82 bits per heavy atom. The van der Waals surface area contributed by atoms with Gasteiger partial charge in [-0.25, -0.2) is 24.5 Å². The molecule has 0 aromatic carbocycles. The second-order valence-corrected chi connectivity index (χ2v) is 7.12. The summed E-state index contributed by atoms with van der Waals surface area (Å²) >= 11 is 1.35. The Labute approximate surface area is 196 Å². The van der Waals surface area contributed by atoms with Crippen LogP contribution in [0.15, 0.2) is 34.6 Å². The van der Waals surface area contributed by atoms with Gasteiger partial charge in [0.05, 0.1) is 6.61 Å². The van der Waals surface area contributed by atoms with E-state index in [9.17, 15) is 27.6 Å². The van der Waals surface area contributed by atoms with Crippen LogP contribution in [0.25, 0.3) is 0 Å². The zero-order valence-electron chi connectivity index (χ0n) is 17.8. The van der Waals surface area contributed by atoms with Gasteiger partial charge >= 0.3 is 18.1 Å². The summed E-state index contributed by atoms with van der Waals surface area (Å²) in [6, 6.07) is 1.46. The number of thioether (sulfide) groups is 1. The number of unbranched alkanes of at least 4 members (excludes halogenated alkanes) is 1. The Morgan fingerprint density at radius 3 is 2.38 bits per heavy atom. The second kappa shape index (κ2) is 17.1. The molecule has 7 N–H and O–H groups in total. The fourth-order valence-electron chi connectivity index (χ4n) is 1.80. The third-order valence-electron chi connectivity index (χ3n) is 3.15. The number of aliphatic hydroxyl groups excluding tert-OH is 1. The minimum atomic E-state index is -4.42. The highest BCUT2D eigenvalue weighted by Crippen LogP contribution is 2.17. The van der Waals surface area contributed by atoms with Gasteiger partial charge in [-0.2, -0.15) is 13.2 Å². The molecule has 16 heteroatoms. The molecular weight excluding hydrogens is 485 g/mol. The molecule has 1 amide bonds. The van der Waals surface area contributed by atoms with E-state index in [2.05, 4.69) is 25.6 Å². The molecule has 0 bridgehead atoms. The Morgan fingerprint density at radius 1 is 1.18 bits per heavy atom. The Hall–Kier alpha value is -3.40. The van der Waals surface area contributed by atoms with Gasteiger partial charge in [0.25, 0.3) is 0 Å². The Bertz CT molecular complexity index is 838. The minimum absolute atomic E-state index is 0.0886. The fraction of sp³-hybridized carbons (Fsp3) is 0.444. The van der Waals surface area contributed by atoms with Crippen molar-refractivity contribution in [1.29, 1.82) is 0 Å². The summed E-state index contributed by atoms with van der Waals surface area (Å²) in [4.78, 5) is 41.8. The number of carboxylic acid groups (broad SMARTS) is 2. The Kier molecular flexibility index (Phi) is 15.4. The van der Waals surface area contributed by atoms with E-state index >= 15 is 0 Å². The molecule has 0 aliphatic carbocycles. The highest BCUT2D eigenvalue weighted by Gasteiger charge is 2.26. The molecule has 1 rings (SSSR count). The molecule has 12 nitrogen and oxygen atoms in total. The first-order valence-electron chi connectivity index (χ1n) is 9.54. The largest absolute Gasteiger partial charge is 0.478 e. The fourth-order valence-corrected chi connectivity index (χ4v) is 2.63. The number of aliphatic carboxylic acids is 2. The van der Waals surface area contributed by atoms with E-state index in [1.165, 1.54) is 24.0 Å². The minimum Gasteiger partial charge on any atom is -0.478 e. The number of aliphatic imine (C=N–C) groups is 1. The molecule has 1 heterocycles. The highest BCUT2D eigenvalue weighted by atomic mass is 32.2. The van der Waals surface area contributed by atoms with Crippen molar-refractivity contribution in [3.8, 4) is 0 Å². The molecule has 0 unspecified atom stereocenters. The van der Waals surface area contributed by atoms with Crippen molar-refractivity contribution < 1.29 is 42.9 Å². The van der Waals surface area contributed by atoms with Crippen LogP contribution in [0, 0.1) is 0 Å². The van der Waals surface area contributed by atoms with E-state index in [0.29, 0.717) is 35.9 Å². The first kappa shape index (κ1) is 30.6. The van der Waals surface area contributed by atoms with Gasteiger partial charge in [-0.05, 0) is 18.9 Å². The summed E-state index contributed by atoms with van der Waals surface area (Å²) in [5, 5.41) is 29.7. The molecule has 0 aliphatic rings. The van der Waals surface area contributed by atoms with Gasteiger partial charge in [-0.1, -0.05) is 11.8 Å². The lowest BCUT2D eigenvalue weighted by Gasteiger charge is -2.07. The van der Waals surface area contributed by atoms with Crippen LogP contribution >= 0.6 is 11.8 Å². The van der Waals surface area contributed by atoms with Crippen molar-refractivity contribution in [1.82, 2.24) is 15.3 Å². The number of hydrogen-bond donors (Lipinski definition) is 6. The number of aromatic nitrogens is 2. The van der Waals surface area contributed by atoms with Crippen molar-refractivity contribution in [3.63, 3.8) is 0 Å². The molecule has 0 atom stereocenters. The molecule has 0 radical (unpaired) electrons. The van der Waals surface area contributed by atoms with E-state index in [1.807, 2.05) is 0 Å². The monoisotopic (exact) mass is 510 g/mol. The summed E-state index contributed by atoms with van der Waals surface area (Å²) in [7, 11) is 0. The average molecular weight is 510 g/mol. The number of carbonyl (C=O) groups is 3. The van der Waals surface area contributed by atoms with Gasteiger partial charge in [0.1, 0.15) is 12.4 Å². The number of nitrogens with one attached hydrogen (secondary N) is 2. The quantitative estimate of drug-likeness (QED) is 0.0581. The summed E-state index contributed by atoms with van der Waals surface area (Å²) in [6.07, 6.45) is -0.0441. The van der Waals surface area contributed by atoms with Gasteiger partial charge in [0, 0.05) is 37.1 Å². The van der Waals surface area contributed by atoms with E-state index in [0.717, 1.165) is 6.42 Å². The number of aliphatic hydroxyl groups is 1. The SMILES string of the molecule is NC(=NCC(F)(F)F)Nc1ccnc(SCCCCC(=O)NCCO)n1.O=C(O)C=CC(=O)O. The van der Waals surface area contributed by atoms with E-state index in [1.54, 1.807) is 0 Å². The molecule has 0 saturated carbocycles. The van der Waals surface area contributed by atoms with Crippen molar-refractivity contribution in [2.24, 2.45) is 10.7 Å². The summed E-state index contributed by atoms with van der Waals surface area (Å²) in [6.45, 7) is -1.21. The van der Waals surface area contributed by atoms with Crippen LogP contribution in [0.2, 0.25) is 0 Å². The molecule has 0 aliphatic heterocycles. The molecule has 0 fully saturated rings. The van der Waals surface area contributed by atoms with Crippen LogP contribution in [0.3, 0.4) is 0 Å². The lowest BCUT2D eigenvalue weighted by Crippen LogP contribution is -2.26. The summed E-state index contributed by atoms with van der Waals surface area (Å²) in [5.74, 6) is -2.09. The van der Waals surface area contributed by atoms with Crippen LogP contribution in [-0.4, -0.2) is 80.7 Å². The highest BCUT2D eigenvalue weighted by molar-refractivity contribution is 7.99. The Balaban J connectivity index is 0.00000116. The number of carboxylic acids is 2. The number of carbonyl (C=O) groups excluding carboxylic acids is 1. The van der Waals surface area contributed by atoms with Crippen LogP contribution in [0.4, 0.5) is 19.0 Å². The topological polar surface area (TPSA) is 200 Å². The first-order valence-corrected chi connectivity index (χ1v) is 10.5. The number of nitrogens with two attached hydrogens (primary N) is 1. The average Bonchev–Trinajstić information content (AvgIpc) is 2.75. The van der Waals surface area contributed by atoms with E-state index < -0.39 is 24.7 Å². The molecule has 0 saturated heterocycles. The number of anilines is 1. The third-order valence-corrected chi connectivity index (χ3v) is 4.10. The molecule has 1 aromatic rings. The molecule has 34 heavy (non-hydrogen) atoms. The number of amides is 1. The number of rotatable bonds is 12. The molecule has 190 valence electrons. The lowest BCUT2D eigenvalue weighted by molar-refractivity contribution is -0.134. The van der Waals surface area contributed by atoms with Crippen molar-refractivity contribution in [2.75, 3.05) is 30.8 Å². The number of alkyl halides is 3. The maximum Gasteiger partial charge on any atom is 0.408 e. The molecular formula is C18H25F3N6O6S. The molecule has 0 spiro atoms. The first-order chi connectivity index (χ1) is 15.9. The predicted molar refractivity (Wildman–Crippen MR) is 117 cm³/mol. The normalized spacial score (nSPS) is 11.5. The maximum atomic E-state index is 12.1. The van der Waals surface area contributed by atoms with Gasteiger partial charge in [0.2, 0.25) is 5.91 Å². The van der Waals surface area contributed by atoms with Crippen LogP contribution < -0.4 is 16.4 Å². The van der Waals surface area contributed by atoms with Crippen molar-refractivity contribution >= 4 is 41.4 Å². The van der Waals surface area contributed by atoms with Crippen molar-refractivity contribution in [2.45, 2.75) is 30.6 Å². The van der Waals surface area contributed by atoms with Gasteiger partial charge in [-0.3, -0.25) is 4.79 Å². The third kappa shape index (κ3) is 19.3. The lowest BCUT2D eigenvalue weighted by atomic mass is 10.2. The summed E-state index contributed by atoms with van der Waals surface area (Å²) in [5.41, 5.74) is 5.38. The molecule has 1 aromatic heterocycles. The van der Waals surface area contributed by atoms with E-state index in [-0.39, 0.29) is 30.8 Å². The van der Waals surface area contributed by atoms with Crippen LogP contribution in [-0.2, 0) is 14.4 Å². The van der Waals surface area contributed by atoms with Gasteiger partial charge in [-0.15, -0.1) is 0 Å². The number of nitrogens with zero attached hydrogens (tertiary/aromatic N) is 3. The van der Waals surface area contributed by atoms with Gasteiger partial charge < -0.3 is 31.7 Å². The number of halogens is 3. The maximum absolute atomic E-state index is 12.1. The van der Waals surface area contributed by atoms with E-state index in [4.69, 9.17) is 21.1 Å². The predicted octanol–water partition coefficient (Wildman–Crippen LogP) is 0.848. The van der Waals surface area contributed by atoms with Gasteiger partial charge in [0.15, 0.2) is 11.1 Å². The van der Waals surface area contributed by atoms with Crippen LogP contribution in [0.1, 0.15) is 19.3 Å². The summed E-state index contributed by atoms with van der Waals surface area (Å²) < 4.78 is 36.2. The number of guanidine groups is 1. The second-order valence-electron chi connectivity index (χ2n) is 6.06. The number of hydrogen-bond acceptors (Lipinski definition) is 8.